The number of nitrogens with zero attached hydrogens (tertiary/aromatic N) is 1. The minimum Gasteiger partial charge on any atom is -0.367 e. The van der Waals surface area contributed by atoms with E-state index in [1.807, 2.05) is 11.0 Å². The van der Waals surface area contributed by atoms with Crippen molar-refractivity contribution in [3.05, 3.63) is 64.7 Å². The predicted octanol–water partition coefficient (Wildman–Crippen LogP) is 4.08. The maximum atomic E-state index is 12.8. The van der Waals surface area contributed by atoms with Gasteiger partial charge in [-0.2, -0.15) is 13.2 Å². The summed E-state index contributed by atoms with van der Waals surface area (Å²) in [5.41, 5.74) is 2.61. The van der Waals surface area contributed by atoms with E-state index in [0.29, 0.717) is 17.7 Å². The van der Waals surface area contributed by atoms with Gasteiger partial charge < -0.3 is 4.90 Å². The van der Waals surface area contributed by atoms with Gasteiger partial charge in [-0.05, 0) is 35.7 Å². The highest BCUT2D eigenvalue weighted by Crippen LogP contribution is 2.32. The summed E-state index contributed by atoms with van der Waals surface area (Å²) >= 11 is 0. The molecular formula is C17H14F3NO. The molecule has 0 atom stereocenters. The van der Waals surface area contributed by atoms with E-state index in [2.05, 4.69) is 0 Å². The molecule has 0 radical (unpaired) electrons. The number of alkyl halides is 3. The highest BCUT2D eigenvalue weighted by molar-refractivity contribution is 5.78. The standard InChI is InChI=1S/C17H14F3NO/c18-17(19,20)15-3-1-2-12(8-15)10-21-7-6-14-5-4-13(11-22)9-16(14)21/h1-5,8-9,11H,6-7,10H2. The van der Waals surface area contributed by atoms with Crippen LogP contribution in [0.15, 0.2) is 42.5 Å². The molecule has 114 valence electrons. The van der Waals surface area contributed by atoms with Crippen LogP contribution < -0.4 is 4.90 Å². The third-order valence-electron chi connectivity index (χ3n) is 3.86. The monoisotopic (exact) mass is 305 g/mol. The van der Waals surface area contributed by atoms with Crippen LogP contribution >= 0.6 is 0 Å². The number of anilines is 1. The van der Waals surface area contributed by atoms with Crippen LogP contribution in [0.3, 0.4) is 0 Å². The van der Waals surface area contributed by atoms with Crippen molar-refractivity contribution in [2.24, 2.45) is 0 Å². The SMILES string of the molecule is O=Cc1ccc2c(c1)N(Cc1cccc(C(F)(F)F)c1)CC2. The largest absolute Gasteiger partial charge is 0.416 e. The van der Waals surface area contributed by atoms with E-state index in [4.69, 9.17) is 0 Å². The number of carbonyl (C=O) groups is 1. The van der Waals surface area contributed by atoms with Crippen molar-refractivity contribution in [3.63, 3.8) is 0 Å². The molecule has 0 spiro atoms. The molecule has 2 aromatic rings. The number of rotatable bonds is 3. The molecule has 0 saturated heterocycles. The summed E-state index contributed by atoms with van der Waals surface area (Å²) in [6, 6.07) is 10.8. The van der Waals surface area contributed by atoms with E-state index in [0.717, 1.165) is 36.6 Å². The number of aldehydes is 1. The van der Waals surface area contributed by atoms with Crippen LogP contribution in [0.25, 0.3) is 0 Å². The molecule has 5 heteroatoms. The maximum absolute atomic E-state index is 12.8. The molecule has 3 rings (SSSR count). The van der Waals surface area contributed by atoms with Crippen LogP contribution in [0.1, 0.15) is 27.0 Å². The van der Waals surface area contributed by atoms with E-state index in [-0.39, 0.29) is 0 Å². The molecule has 2 nitrogen and oxygen atoms in total. The van der Waals surface area contributed by atoms with Gasteiger partial charge in [-0.3, -0.25) is 4.79 Å². The summed E-state index contributed by atoms with van der Waals surface area (Å²) in [4.78, 5) is 12.9. The van der Waals surface area contributed by atoms with Gasteiger partial charge in [-0.15, -0.1) is 0 Å². The molecule has 0 bridgehead atoms. The maximum Gasteiger partial charge on any atom is 0.416 e. The van der Waals surface area contributed by atoms with E-state index >= 15 is 0 Å². The van der Waals surface area contributed by atoms with E-state index in [1.54, 1.807) is 18.2 Å². The summed E-state index contributed by atoms with van der Waals surface area (Å²) in [6.07, 6.45) is -2.71. The summed E-state index contributed by atoms with van der Waals surface area (Å²) in [6.45, 7) is 1.15. The summed E-state index contributed by atoms with van der Waals surface area (Å²) in [5, 5.41) is 0. The first-order valence-corrected chi connectivity index (χ1v) is 6.96. The number of benzene rings is 2. The smallest absolute Gasteiger partial charge is 0.367 e. The van der Waals surface area contributed by atoms with Crippen molar-refractivity contribution in [2.45, 2.75) is 19.1 Å². The molecular weight excluding hydrogens is 291 g/mol. The average molecular weight is 305 g/mol. The molecule has 22 heavy (non-hydrogen) atoms. The number of hydrogen-bond donors (Lipinski definition) is 0. The molecule has 0 amide bonds. The molecule has 1 heterocycles. The molecule has 0 unspecified atom stereocenters. The fraction of sp³-hybridized carbons (Fsp3) is 0.235. The number of fused-ring (bicyclic) bond motifs is 1. The highest BCUT2D eigenvalue weighted by atomic mass is 19.4. The van der Waals surface area contributed by atoms with Crippen LogP contribution in [0.2, 0.25) is 0 Å². The lowest BCUT2D eigenvalue weighted by Gasteiger charge is -2.20. The van der Waals surface area contributed by atoms with Gasteiger partial charge in [0, 0.05) is 24.3 Å². The Kier molecular flexibility index (Phi) is 3.64. The summed E-state index contributed by atoms with van der Waals surface area (Å²) < 4.78 is 38.3. The molecule has 1 aliphatic rings. The zero-order valence-corrected chi connectivity index (χ0v) is 11.7. The average Bonchev–Trinajstić information content (AvgIpc) is 2.89. The summed E-state index contributed by atoms with van der Waals surface area (Å²) in [7, 11) is 0. The molecule has 0 saturated carbocycles. The zero-order valence-electron chi connectivity index (χ0n) is 11.7. The van der Waals surface area contributed by atoms with Crippen LogP contribution in [0, 0.1) is 0 Å². The molecule has 1 aliphatic heterocycles. The Morgan fingerprint density at radius 2 is 1.95 bits per heavy atom. The summed E-state index contributed by atoms with van der Waals surface area (Å²) in [5.74, 6) is 0. The van der Waals surface area contributed by atoms with Crippen molar-refractivity contribution < 1.29 is 18.0 Å². The van der Waals surface area contributed by atoms with Gasteiger partial charge in [0.25, 0.3) is 0 Å². The van der Waals surface area contributed by atoms with Crippen LogP contribution in [0.4, 0.5) is 18.9 Å². The van der Waals surface area contributed by atoms with Gasteiger partial charge in [0.1, 0.15) is 6.29 Å². The Morgan fingerprint density at radius 3 is 2.68 bits per heavy atom. The number of carbonyl (C=O) groups excluding carboxylic acids is 1. The fourth-order valence-electron chi connectivity index (χ4n) is 2.77. The van der Waals surface area contributed by atoms with E-state index in [1.165, 1.54) is 12.1 Å². The van der Waals surface area contributed by atoms with E-state index in [9.17, 15) is 18.0 Å². The Hall–Kier alpha value is -2.30. The van der Waals surface area contributed by atoms with Crippen molar-refractivity contribution in [1.29, 1.82) is 0 Å². The van der Waals surface area contributed by atoms with Crippen molar-refractivity contribution >= 4 is 12.0 Å². The van der Waals surface area contributed by atoms with Crippen LogP contribution in [-0.2, 0) is 19.1 Å². The number of halogens is 3. The lowest BCUT2D eigenvalue weighted by atomic mass is 10.1. The second-order valence-corrected chi connectivity index (χ2v) is 5.38. The first kappa shape index (κ1) is 14.6. The topological polar surface area (TPSA) is 20.3 Å². The first-order valence-electron chi connectivity index (χ1n) is 6.96. The van der Waals surface area contributed by atoms with Crippen molar-refractivity contribution in [3.8, 4) is 0 Å². The van der Waals surface area contributed by atoms with Gasteiger partial charge in [0.2, 0.25) is 0 Å². The lowest BCUT2D eigenvalue weighted by molar-refractivity contribution is -0.137. The van der Waals surface area contributed by atoms with Crippen LogP contribution in [0.5, 0.6) is 0 Å². The minimum absolute atomic E-state index is 0.402. The van der Waals surface area contributed by atoms with Gasteiger partial charge in [-0.25, -0.2) is 0 Å². The predicted molar refractivity (Wildman–Crippen MR) is 78.0 cm³/mol. The van der Waals surface area contributed by atoms with Gasteiger partial charge in [0.05, 0.1) is 5.56 Å². The van der Waals surface area contributed by atoms with Gasteiger partial charge >= 0.3 is 6.18 Å². The number of hydrogen-bond acceptors (Lipinski definition) is 2. The first-order chi connectivity index (χ1) is 10.5. The normalized spacial score (nSPS) is 14.0. The molecule has 0 N–H and O–H groups in total. The van der Waals surface area contributed by atoms with Crippen molar-refractivity contribution in [2.75, 3.05) is 11.4 Å². The Morgan fingerprint density at radius 1 is 1.14 bits per heavy atom. The quantitative estimate of drug-likeness (QED) is 0.796. The minimum atomic E-state index is -4.33. The third-order valence-corrected chi connectivity index (χ3v) is 3.86. The Labute approximate surface area is 126 Å². The van der Waals surface area contributed by atoms with Gasteiger partial charge in [0.15, 0.2) is 0 Å². The fourth-order valence-corrected chi connectivity index (χ4v) is 2.77. The van der Waals surface area contributed by atoms with E-state index < -0.39 is 11.7 Å². The Balaban J connectivity index is 1.86. The lowest BCUT2D eigenvalue weighted by Crippen LogP contribution is -2.20. The van der Waals surface area contributed by atoms with Gasteiger partial charge in [-0.1, -0.05) is 24.3 Å². The Bertz CT molecular complexity index is 709. The second kappa shape index (κ2) is 5.48. The molecule has 2 aromatic carbocycles. The zero-order chi connectivity index (χ0) is 15.7. The second-order valence-electron chi connectivity index (χ2n) is 5.38. The third kappa shape index (κ3) is 2.84. The molecule has 0 fully saturated rings. The molecule has 0 aliphatic carbocycles. The molecule has 0 aromatic heterocycles. The highest BCUT2D eigenvalue weighted by Gasteiger charge is 2.30. The van der Waals surface area contributed by atoms with Crippen molar-refractivity contribution in [1.82, 2.24) is 0 Å². The van der Waals surface area contributed by atoms with Crippen LogP contribution in [-0.4, -0.2) is 12.8 Å².